The molecule has 4 nitrogen and oxygen atoms in total. The molecule has 0 amide bonds. The summed E-state index contributed by atoms with van der Waals surface area (Å²) in [5.74, 6) is 0.860. The lowest BCUT2D eigenvalue weighted by atomic mass is 9.88. The van der Waals surface area contributed by atoms with Gasteiger partial charge >= 0.3 is 0 Å². The second-order valence-electron chi connectivity index (χ2n) is 7.36. The quantitative estimate of drug-likeness (QED) is 0.802. The number of anilines is 1. The summed E-state index contributed by atoms with van der Waals surface area (Å²) in [4.78, 5) is 0. The highest BCUT2D eigenvalue weighted by Crippen LogP contribution is 2.44. The molecule has 1 heterocycles. The molecular formula is C22H29NO3. The molecular weight excluding hydrogens is 326 g/mol. The molecule has 3 rings (SSSR count). The lowest BCUT2D eigenvalue weighted by molar-refractivity contribution is -0.159. The Hall–Kier alpha value is -2.04. The number of benzene rings is 2. The van der Waals surface area contributed by atoms with E-state index >= 15 is 0 Å². The topological polar surface area (TPSA) is 39.7 Å². The highest BCUT2D eigenvalue weighted by Gasteiger charge is 2.45. The minimum atomic E-state index is -0.488. The van der Waals surface area contributed by atoms with Gasteiger partial charge in [-0.05, 0) is 51.5 Å². The van der Waals surface area contributed by atoms with E-state index in [0.717, 1.165) is 29.1 Å². The largest absolute Gasteiger partial charge is 0.485 e. The highest BCUT2D eigenvalue weighted by molar-refractivity contribution is 5.53. The molecule has 0 aliphatic carbocycles. The van der Waals surface area contributed by atoms with E-state index in [0.29, 0.717) is 6.61 Å². The van der Waals surface area contributed by atoms with Crippen LogP contribution in [0.1, 0.15) is 43.6 Å². The zero-order valence-electron chi connectivity index (χ0n) is 16.3. The lowest BCUT2D eigenvalue weighted by Gasteiger charge is -2.44. The third kappa shape index (κ3) is 3.87. The van der Waals surface area contributed by atoms with Gasteiger partial charge in [-0.25, -0.2) is 0 Å². The van der Waals surface area contributed by atoms with E-state index in [1.807, 2.05) is 12.1 Å². The Morgan fingerprint density at radius 2 is 1.85 bits per heavy atom. The average molecular weight is 355 g/mol. The number of methoxy groups -OCH3 is 1. The van der Waals surface area contributed by atoms with Crippen LogP contribution >= 0.6 is 0 Å². The smallest absolute Gasteiger partial charge is 0.132 e. The van der Waals surface area contributed by atoms with Gasteiger partial charge in [0.25, 0.3) is 0 Å². The summed E-state index contributed by atoms with van der Waals surface area (Å²) in [5, 5.41) is 3.35. The summed E-state index contributed by atoms with van der Waals surface area (Å²) in [6.07, 6.45) is -0.393. The van der Waals surface area contributed by atoms with Crippen LogP contribution in [-0.2, 0) is 16.1 Å². The van der Waals surface area contributed by atoms with Crippen molar-refractivity contribution in [3.63, 3.8) is 0 Å². The van der Waals surface area contributed by atoms with E-state index in [2.05, 4.69) is 63.3 Å². The van der Waals surface area contributed by atoms with Crippen LogP contribution in [-0.4, -0.2) is 25.4 Å². The Balaban J connectivity index is 1.85. The first kappa shape index (κ1) is 18.7. The van der Waals surface area contributed by atoms with E-state index in [1.54, 1.807) is 7.11 Å². The molecule has 2 aromatic carbocycles. The molecule has 1 aliphatic heterocycles. The van der Waals surface area contributed by atoms with Gasteiger partial charge in [0.05, 0.1) is 6.61 Å². The fourth-order valence-electron chi connectivity index (χ4n) is 3.46. The zero-order chi connectivity index (χ0) is 18.7. The maximum Gasteiger partial charge on any atom is 0.132 e. The Morgan fingerprint density at radius 1 is 1.12 bits per heavy atom. The normalized spacial score (nSPS) is 21.0. The van der Waals surface area contributed by atoms with Gasteiger partial charge < -0.3 is 19.5 Å². The molecule has 26 heavy (non-hydrogen) atoms. The monoisotopic (exact) mass is 355 g/mol. The van der Waals surface area contributed by atoms with E-state index in [4.69, 9.17) is 14.2 Å². The molecule has 4 heteroatoms. The minimum absolute atomic E-state index is 0.183. The SMILES string of the molecule is CCNc1ccc2c(c1)C(OC)C(OCc1ccc(C)cc1)C(C)(C)O2. The summed E-state index contributed by atoms with van der Waals surface area (Å²) < 4.78 is 18.5. The third-order valence-corrected chi connectivity index (χ3v) is 4.83. The summed E-state index contributed by atoms with van der Waals surface area (Å²) in [6.45, 7) is 9.68. The number of ether oxygens (including phenoxy) is 3. The predicted octanol–water partition coefficient (Wildman–Crippen LogP) is 4.87. The van der Waals surface area contributed by atoms with Gasteiger partial charge in [-0.3, -0.25) is 0 Å². The first-order chi connectivity index (χ1) is 12.4. The van der Waals surface area contributed by atoms with Crippen molar-refractivity contribution in [1.82, 2.24) is 0 Å². The molecule has 0 saturated carbocycles. The highest BCUT2D eigenvalue weighted by atomic mass is 16.6. The zero-order valence-corrected chi connectivity index (χ0v) is 16.3. The van der Waals surface area contributed by atoms with Crippen LogP contribution in [0.3, 0.4) is 0 Å². The van der Waals surface area contributed by atoms with E-state index < -0.39 is 5.60 Å². The number of hydrogen-bond donors (Lipinski definition) is 1. The van der Waals surface area contributed by atoms with E-state index in [-0.39, 0.29) is 12.2 Å². The van der Waals surface area contributed by atoms with Crippen LogP contribution < -0.4 is 10.1 Å². The van der Waals surface area contributed by atoms with Crippen molar-refractivity contribution in [2.24, 2.45) is 0 Å². The van der Waals surface area contributed by atoms with Crippen molar-refractivity contribution >= 4 is 5.69 Å². The fourth-order valence-corrected chi connectivity index (χ4v) is 3.46. The lowest BCUT2D eigenvalue weighted by Crippen LogP contribution is -2.50. The first-order valence-corrected chi connectivity index (χ1v) is 9.21. The molecule has 2 aromatic rings. The molecule has 0 fully saturated rings. The molecule has 0 bridgehead atoms. The first-order valence-electron chi connectivity index (χ1n) is 9.21. The van der Waals surface area contributed by atoms with Crippen molar-refractivity contribution in [1.29, 1.82) is 0 Å². The maximum atomic E-state index is 6.31. The maximum absolute atomic E-state index is 6.31. The Bertz CT molecular complexity index is 740. The summed E-state index contributed by atoms with van der Waals surface area (Å²) in [5.41, 5.74) is 3.99. The molecule has 2 unspecified atom stereocenters. The number of aryl methyl sites for hydroxylation is 1. The van der Waals surface area contributed by atoms with Crippen molar-refractivity contribution in [3.8, 4) is 5.75 Å². The molecule has 0 spiro atoms. The van der Waals surface area contributed by atoms with Gasteiger partial charge in [-0.1, -0.05) is 29.8 Å². The van der Waals surface area contributed by atoms with Crippen molar-refractivity contribution in [2.75, 3.05) is 19.0 Å². The molecule has 2 atom stereocenters. The van der Waals surface area contributed by atoms with Crippen LogP contribution in [0.2, 0.25) is 0 Å². The van der Waals surface area contributed by atoms with Gasteiger partial charge in [-0.15, -0.1) is 0 Å². The number of nitrogens with one attached hydrogen (secondary N) is 1. The molecule has 1 N–H and O–H groups in total. The predicted molar refractivity (Wildman–Crippen MR) is 105 cm³/mol. The minimum Gasteiger partial charge on any atom is -0.485 e. The van der Waals surface area contributed by atoms with Gasteiger partial charge in [-0.2, -0.15) is 0 Å². The second-order valence-corrected chi connectivity index (χ2v) is 7.36. The second kappa shape index (κ2) is 7.68. The standard InChI is InChI=1S/C22H29NO3/c1-6-23-17-11-12-19-18(13-17)20(24-5)21(22(3,4)26-19)25-14-16-9-7-15(2)8-10-16/h7-13,20-21,23H,6,14H2,1-5H3. The van der Waals surface area contributed by atoms with E-state index in [9.17, 15) is 0 Å². The third-order valence-electron chi connectivity index (χ3n) is 4.83. The fraction of sp³-hybridized carbons (Fsp3) is 0.455. The van der Waals surface area contributed by atoms with E-state index in [1.165, 1.54) is 5.56 Å². The van der Waals surface area contributed by atoms with Crippen LogP contribution in [0.15, 0.2) is 42.5 Å². The molecule has 0 saturated heterocycles. The average Bonchev–Trinajstić information content (AvgIpc) is 2.61. The number of fused-ring (bicyclic) bond motifs is 1. The Morgan fingerprint density at radius 3 is 2.50 bits per heavy atom. The van der Waals surface area contributed by atoms with Crippen LogP contribution in [0, 0.1) is 6.92 Å². The molecule has 1 aliphatic rings. The van der Waals surface area contributed by atoms with Gasteiger partial charge in [0, 0.05) is 24.9 Å². The van der Waals surface area contributed by atoms with Crippen LogP contribution in [0.25, 0.3) is 0 Å². The van der Waals surface area contributed by atoms with Crippen LogP contribution in [0.5, 0.6) is 5.75 Å². The number of rotatable bonds is 6. The Labute approximate surface area is 156 Å². The van der Waals surface area contributed by atoms with Crippen molar-refractivity contribution < 1.29 is 14.2 Å². The number of hydrogen-bond acceptors (Lipinski definition) is 4. The van der Waals surface area contributed by atoms with Crippen molar-refractivity contribution in [2.45, 2.75) is 52.1 Å². The Kier molecular flexibility index (Phi) is 5.54. The van der Waals surface area contributed by atoms with Gasteiger partial charge in [0.1, 0.15) is 23.6 Å². The summed E-state index contributed by atoms with van der Waals surface area (Å²) in [6, 6.07) is 14.6. The molecule has 140 valence electrons. The van der Waals surface area contributed by atoms with Gasteiger partial charge in [0.15, 0.2) is 0 Å². The van der Waals surface area contributed by atoms with Crippen LogP contribution in [0.4, 0.5) is 5.69 Å². The van der Waals surface area contributed by atoms with Gasteiger partial charge in [0.2, 0.25) is 0 Å². The van der Waals surface area contributed by atoms with Crippen molar-refractivity contribution in [3.05, 3.63) is 59.2 Å². The molecule has 0 aromatic heterocycles. The summed E-state index contributed by atoms with van der Waals surface area (Å²) in [7, 11) is 1.73. The summed E-state index contributed by atoms with van der Waals surface area (Å²) >= 11 is 0. The molecule has 0 radical (unpaired) electrons.